The Morgan fingerprint density at radius 1 is 1.32 bits per heavy atom. The van der Waals surface area contributed by atoms with Gasteiger partial charge in [-0.1, -0.05) is 12.1 Å². The fourth-order valence-corrected chi connectivity index (χ4v) is 3.68. The lowest BCUT2D eigenvalue weighted by Crippen LogP contribution is -2.60. The van der Waals surface area contributed by atoms with E-state index in [1.54, 1.807) is 0 Å². The summed E-state index contributed by atoms with van der Waals surface area (Å²) in [5.41, 5.74) is 4.23. The van der Waals surface area contributed by atoms with E-state index in [-0.39, 0.29) is 0 Å². The number of hydrogen-bond acceptors (Lipinski definition) is 4. The molecule has 1 saturated carbocycles. The van der Waals surface area contributed by atoms with Gasteiger partial charge in [0.25, 0.3) is 0 Å². The van der Waals surface area contributed by atoms with Crippen LogP contribution in [0.1, 0.15) is 39.9 Å². The van der Waals surface area contributed by atoms with E-state index in [9.17, 15) is 4.79 Å². The molecule has 1 aromatic carbocycles. The molecule has 120 valence electrons. The van der Waals surface area contributed by atoms with Crippen LogP contribution in [0.15, 0.2) is 12.1 Å². The number of carbonyl (C=O) groups is 1. The van der Waals surface area contributed by atoms with Crippen molar-refractivity contribution in [3.8, 4) is 0 Å². The lowest BCUT2D eigenvalue weighted by atomic mass is 9.57. The summed E-state index contributed by atoms with van der Waals surface area (Å²) in [5, 5.41) is 13.7. The largest absolute Gasteiger partial charge is 0.323 e. The number of aryl methyl sites for hydroxylation is 1. The van der Waals surface area contributed by atoms with Gasteiger partial charge in [-0.25, -0.2) is 0 Å². The topological polar surface area (TPSA) is 65.0 Å². The molecule has 0 atom stereocenters. The highest BCUT2D eigenvalue weighted by atomic mass is 16.1. The molecule has 2 aliphatic rings. The highest BCUT2D eigenvalue weighted by Gasteiger charge is 2.47. The van der Waals surface area contributed by atoms with Gasteiger partial charge in [0.1, 0.15) is 0 Å². The molecular weight excluding hydrogens is 274 g/mol. The van der Waals surface area contributed by atoms with Gasteiger partial charge in [0, 0.05) is 30.4 Å². The lowest BCUT2D eigenvalue weighted by molar-refractivity contribution is 0.000873. The minimum atomic E-state index is 0.591. The van der Waals surface area contributed by atoms with Crippen molar-refractivity contribution in [1.29, 1.82) is 5.41 Å². The Morgan fingerprint density at radius 3 is 2.41 bits per heavy atom. The summed E-state index contributed by atoms with van der Waals surface area (Å²) in [6.45, 7) is 4.28. The zero-order valence-electron chi connectivity index (χ0n) is 13.8. The van der Waals surface area contributed by atoms with Gasteiger partial charge in [-0.05, 0) is 62.7 Å². The minimum absolute atomic E-state index is 0.591. The molecule has 1 saturated heterocycles. The molecule has 1 heterocycles. The number of rotatable bonds is 4. The van der Waals surface area contributed by atoms with Gasteiger partial charge in [-0.3, -0.25) is 4.79 Å². The number of aldehydes is 1. The fraction of sp³-hybridized carbons (Fsp3) is 0.556. The van der Waals surface area contributed by atoms with Crippen LogP contribution in [0.3, 0.4) is 0 Å². The van der Waals surface area contributed by atoms with Crippen molar-refractivity contribution in [1.82, 2.24) is 10.6 Å². The Balaban J connectivity index is 0.000000545. The van der Waals surface area contributed by atoms with Crippen LogP contribution in [-0.4, -0.2) is 39.7 Å². The van der Waals surface area contributed by atoms with E-state index in [1.165, 1.54) is 32.1 Å². The molecule has 3 rings (SSSR count). The maximum absolute atomic E-state index is 11.2. The van der Waals surface area contributed by atoms with Crippen LogP contribution in [0, 0.1) is 23.7 Å². The zero-order chi connectivity index (χ0) is 16.2. The third kappa shape index (κ3) is 3.28. The van der Waals surface area contributed by atoms with Gasteiger partial charge in [0.05, 0.1) is 0 Å². The quantitative estimate of drug-likeness (QED) is 0.590. The first-order valence-corrected chi connectivity index (χ1v) is 7.96. The lowest BCUT2D eigenvalue weighted by Gasteiger charge is -2.54. The molecule has 1 aromatic rings. The Labute approximate surface area is 133 Å². The Bertz CT molecular complexity index is 542. The van der Waals surface area contributed by atoms with Crippen LogP contribution in [0.4, 0.5) is 0 Å². The SMILES string of the molecule is CNC.Cc1ccc(CC2CC3(CNC3)C2)c(C=N)c1C=O. The summed E-state index contributed by atoms with van der Waals surface area (Å²) in [6.07, 6.45) is 5.82. The van der Waals surface area contributed by atoms with Crippen LogP contribution in [0.25, 0.3) is 0 Å². The molecule has 0 bridgehead atoms. The molecule has 22 heavy (non-hydrogen) atoms. The Kier molecular flexibility index (Phi) is 5.48. The van der Waals surface area contributed by atoms with Crippen molar-refractivity contribution in [3.63, 3.8) is 0 Å². The molecule has 1 aliphatic carbocycles. The molecule has 1 aliphatic heterocycles. The first-order valence-electron chi connectivity index (χ1n) is 7.96. The third-order valence-electron chi connectivity index (χ3n) is 4.81. The van der Waals surface area contributed by atoms with E-state index in [0.29, 0.717) is 11.0 Å². The van der Waals surface area contributed by atoms with Crippen LogP contribution in [0.5, 0.6) is 0 Å². The molecular formula is C18H27N3O. The average molecular weight is 301 g/mol. The van der Waals surface area contributed by atoms with Crippen molar-refractivity contribution in [2.75, 3.05) is 27.2 Å². The summed E-state index contributed by atoms with van der Waals surface area (Å²) < 4.78 is 0. The molecule has 0 unspecified atom stereocenters. The second kappa shape index (κ2) is 7.16. The summed E-state index contributed by atoms with van der Waals surface area (Å²) in [5.74, 6) is 0.725. The number of nitrogens with one attached hydrogen (secondary N) is 3. The molecule has 4 nitrogen and oxygen atoms in total. The molecule has 3 N–H and O–H groups in total. The maximum atomic E-state index is 11.2. The van der Waals surface area contributed by atoms with E-state index in [4.69, 9.17) is 5.41 Å². The highest BCUT2D eigenvalue weighted by Crippen LogP contribution is 2.49. The second-order valence-electron chi connectivity index (χ2n) is 6.71. The van der Waals surface area contributed by atoms with Gasteiger partial charge in [-0.15, -0.1) is 0 Å². The zero-order valence-corrected chi connectivity index (χ0v) is 13.8. The van der Waals surface area contributed by atoms with E-state index >= 15 is 0 Å². The van der Waals surface area contributed by atoms with Crippen molar-refractivity contribution in [3.05, 3.63) is 34.4 Å². The van der Waals surface area contributed by atoms with Gasteiger partial charge in [0.15, 0.2) is 6.29 Å². The molecule has 0 radical (unpaired) electrons. The predicted molar refractivity (Wildman–Crippen MR) is 91.2 cm³/mol. The number of benzene rings is 1. The smallest absolute Gasteiger partial charge is 0.150 e. The van der Waals surface area contributed by atoms with Crippen molar-refractivity contribution >= 4 is 12.5 Å². The Hall–Kier alpha value is -1.52. The highest BCUT2D eigenvalue weighted by molar-refractivity contribution is 5.94. The van der Waals surface area contributed by atoms with Gasteiger partial charge in [0.2, 0.25) is 0 Å². The van der Waals surface area contributed by atoms with Gasteiger partial charge < -0.3 is 16.0 Å². The van der Waals surface area contributed by atoms with Crippen molar-refractivity contribution in [2.45, 2.75) is 26.2 Å². The van der Waals surface area contributed by atoms with Gasteiger partial charge >= 0.3 is 0 Å². The normalized spacial score (nSPS) is 18.7. The Morgan fingerprint density at radius 2 is 1.95 bits per heavy atom. The van der Waals surface area contributed by atoms with Crippen LogP contribution >= 0.6 is 0 Å². The predicted octanol–water partition coefficient (Wildman–Crippen LogP) is 2.18. The fourth-order valence-electron chi connectivity index (χ4n) is 3.68. The first kappa shape index (κ1) is 16.8. The molecule has 2 fully saturated rings. The molecule has 1 spiro atoms. The maximum Gasteiger partial charge on any atom is 0.150 e. The standard InChI is InChI=1S/C16H20N2O.C2H7N/c1-11-2-3-13(14(7-17)15(11)8-19)4-12-5-16(6-12)9-18-10-16;1-3-2/h2-3,7-8,12,17-18H,4-6,9-10H2,1H3;3H,1-2H3. The first-order chi connectivity index (χ1) is 10.6. The van der Waals surface area contributed by atoms with Crippen LogP contribution < -0.4 is 10.6 Å². The monoisotopic (exact) mass is 301 g/mol. The van der Waals surface area contributed by atoms with E-state index in [2.05, 4.69) is 16.7 Å². The van der Waals surface area contributed by atoms with Crippen molar-refractivity contribution in [2.24, 2.45) is 11.3 Å². The van der Waals surface area contributed by atoms with Crippen LogP contribution in [-0.2, 0) is 6.42 Å². The molecule has 0 aromatic heterocycles. The number of carbonyl (C=O) groups excluding carboxylic acids is 1. The molecule has 4 heteroatoms. The van der Waals surface area contributed by atoms with E-state index < -0.39 is 0 Å². The van der Waals surface area contributed by atoms with Gasteiger partial charge in [-0.2, -0.15) is 0 Å². The van der Waals surface area contributed by atoms with Crippen molar-refractivity contribution < 1.29 is 4.79 Å². The summed E-state index contributed by atoms with van der Waals surface area (Å²) >= 11 is 0. The summed E-state index contributed by atoms with van der Waals surface area (Å²) in [6, 6.07) is 4.10. The second-order valence-corrected chi connectivity index (χ2v) is 6.71. The summed E-state index contributed by atoms with van der Waals surface area (Å²) in [4.78, 5) is 11.2. The minimum Gasteiger partial charge on any atom is -0.323 e. The number of hydrogen-bond donors (Lipinski definition) is 3. The van der Waals surface area contributed by atoms with E-state index in [0.717, 1.165) is 35.3 Å². The van der Waals surface area contributed by atoms with E-state index in [1.807, 2.05) is 27.1 Å². The third-order valence-corrected chi connectivity index (χ3v) is 4.81. The summed E-state index contributed by atoms with van der Waals surface area (Å²) in [7, 11) is 3.75. The van der Waals surface area contributed by atoms with Crippen LogP contribution in [0.2, 0.25) is 0 Å². The molecule has 0 amide bonds. The average Bonchev–Trinajstić information content (AvgIpc) is 2.42.